The second kappa shape index (κ2) is 17.6. The Balaban J connectivity index is 1.87. The van der Waals surface area contributed by atoms with Crippen molar-refractivity contribution in [1.29, 1.82) is 0 Å². The topological polar surface area (TPSA) is 142 Å². The molecule has 0 fully saturated rings. The number of urea groups is 2. The van der Waals surface area contributed by atoms with Gasteiger partial charge in [0.15, 0.2) is 0 Å². The molecule has 1 aliphatic heterocycles. The zero-order chi connectivity index (χ0) is 33.8. The van der Waals surface area contributed by atoms with E-state index in [4.69, 9.17) is 14.2 Å². The van der Waals surface area contributed by atoms with E-state index in [9.17, 15) is 19.5 Å². The van der Waals surface area contributed by atoms with Gasteiger partial charge in [-0.15, -0.1) is 0 Å². The Labute approximate surface area is 272 Å². The van der Waals surface area contributed by atoms with E-state index in [1.807, 2.05) is 27.7 Å². The predicted octanol–water partition coefficient (Wildman–Crippen LogP) is 5.18. The third-order valence-corrected chi connectivity index (χ3v) is 7.87. The molecular weight excluding hydrogens is 590 g/mol. The number of aliphatic hydroxyl groups excluding tert-OH is 1. The van der Waals surface area contributed by atoms with Gasteiger partial charge < -0.3 is 45.1 Å². The number of carbonyl (C=O) groups is 3. The average Bonchev–Trinajstić information content (AvgIpc) is 3.02. The number of likely N-dealkylation sites (N-methyl/N-ethyl adjacent to an activating group) is 1. The molecule has 0 saturated carbocycles. The number of carbonyl (C=O) groups excluding carboxylic acids is 3. The molecular formula is C34H51N5O7. The summed E-state index contributed by atoms with van der Waals surface area (Å²) < 4.78 is 17.8. The smallest absolute Gasteiger partial charge is 0.321 e. The minimum absolute atomic E-state index is 0.0618. The van der Waals surface area contributed by atoms with Crippen LogP contribution in [0.2, 0.25) is 0 Å². The maximum atomic E-state index is 14.2. The number of hydrogen-bond acceptors (Lipinski definition) is 7. The number of fused-ring (bicyclic) bond motifs is 1. The maximum absolute atomic E-state index is 14.2. The van der Waals surface area contributed by atoms with Crippen molar-refractivity contribution in [2.75, 3.05) is 51.1 Å². The second-order valence-electron chi connectivity index (χ2n) is 12.3. The zero-order valence-electron chi connectivity index (χ0n) is 28.2. The predicted molar refractivity (Wildman–Crippen MR) is 179 cm³/mol. The number of ether oxygens (including phenoxy) is 3. The fourth-order valence-electron chi connectivity index (χ4n) is 5.14. The molecule has 2 aromatic rings. The zero-order valence-corrected chi connectivity index (χ0v) is 28.2. The third-order valence-electron chi connectivity index (χ3n) is 7.87. The summed E-state index contributed by atoms with van der Waals surface area (Å²) in [5.41, 5.74) is 1.36. The largest absolute Gasteiger partial charge is 0.497 e. The molecule has 1 aliphatic rings. The quantitative estimate of drug-likeness (QED) is 0.311. The fourth-order valence-corrected chi connectivity index (χ4v) is 5.14. The SMILES string of the molecule is COc1ccc(NC(=O)N(C)C[C@H]2OCCCC[C@@H](C)Oc3ccc(NC(=O)NC(C)C)cc3C(=O)N([C@H](C)CO)C[C@@H]2C)cc1. The van der Waals surface area contributed by atoms with Crippen LogP contribution in [0.4, 0.5) is 21.0 Å². The molecule has 0 spiro atoms. The van der Waals surface area contributed by atoms with Crippen LogP contribution in [-0.2, 0) is 4.74 Å². The van der Waals surface area contributed by atoms with Gasteiger partial charge in [-0.25, -0.2) is 9.59 Å². The summed E-state index contributed by atoms with van der Waals surface area (Å²) in [5, 5.41) is 18.7. The monoisotopic (exact) mass is 641 g/mol. The fraction of sp³-hybridized carbons (Fsp3) is 0.559. The van der Waals surface area contributed by atoms with Crippen molar-refractivity contribution in [2.24, 2.45) is 5.92 Å². The Morgan fingerprint density at radius 1 is 1.07 bits per heavy atom. The molecule has 5 amide bonds. The minimum atomic E-state index is -0.522. The molecule has 4 atom stereocenters. The molecule has 1 heterocycles. The molecule has 2 aromatic carbocycles. The highest BCUT2D eigenvalue weighted by molar-refractivity contribution is 5.99. The summed E-state index contributed by atoms with van der Waals surface area (Å²) >= 11 is 0. The van der Waals surface area contributed by atoms with Crippen LogP contribution < -0.4 is 25.4 Å². The van der Waals surface area contributed by atoms with Crippen LogP contribution in [-0.4, -0.2) is 97.6 Å². The van der Waals surface area contributed by atoms with Crippen molar-refractivity contribution < 1.29 is 33.7 Å². The molecule has 3 rings (SSSR count). The molecule has 12 heteroatoms. The summed E-state index contributed by atoms with van der Waals surface area (Å²) in [6, 6.07) is 10.9. The van der Waals surface area contributed by atoms with E-state index < -0.39 is 12.1 Å². The molecule has 46 heavy (non-hydrogen) atoms. The summed E-state index contributed by atoms with van der Waals surface area (Å²) in [6.45, 7) is 10.2. The van der Waals surface area contributed by atoms with Crippen molar-refractivity contribution in [3.63, 3.8) is 0 Å². The number of anilines is 2. The van der Waals surface area contributed by atoms with E-state index in [2.05, 4.69) is 16.0 Å². The molecule has 4 N–H and O–H groups in total. The van der Waals surface area contributed by atoms with Gasteiger partial charge in [0.25, 0.3) is 5.91 Å². The van der Waals surface area contributed by atoms with Crippen LogP contribution in [0.1, 0.15) is 64.2 Å². The number of rotatable bonds is 8. The summed E-state index contributed by atoms with van der Waals surface area (Å²) in [7, 11) is 3.29. The Kier molecular flexibility index (Phi) is 13.9. The van der Waals surface area contributed by atoms with Crippen molar-refractivity contribution in [1.82, 2.24) is 15.1 Å². The van der Waals surface area contributed by atoms with Crippen LogP contribution >= 0.6 is 0 Å². The lowest BCUT2D eigenvalue weighted by Crippen LogP contribution is -2.48. The van der Waals surface area contributed by atoms with Crippen molar-refractivity contribution in [2.45, 2.75) is 78.2 Å². The molecule has 254 valence electrons. The van der Waals surface area contributed by atoms with Gasteiger partial charge in [-0.05, 0) is 89.4 Å². The van der Waals surface area contributed by atoms with E-state index >= 15 is 0 Å². The lowest BCUT2D eigenvalue weighted by Gasteiger charge is -2.35. The molecule has 0 radical (unpaired) electrons. The Morgan fingerprint density at radius 2 is 1.76 bits per heavy atom. The van der Waals surface area contributed by atoms with Crippen LogP contribution in [0.15, 0.2) is 42.5 Å². The van der Waals surface area contributed by atoms with Crippen LogP contribution in [0, 0.1) is 5.92 Å². The van der Waals surface area contributed by atoms with Crippen LogP contribution in [0.5, 0.6) is 11.5 Å². The Hall–Kier alpha value is -4.03. The first-order chi connectivity index (χ1) is 21.9. The number of hydrogen-bond donors (Lipinski definition) is 4. The van der Waals surface area contributed by atoms with Gasteiger partial charge in [0.1, 0.15) is 11.5 Å². The third kappa shape index (κ3) is 10.8. The van der Waals surface area contributed by atoms with Crippen molar-refractivity contribution >= 4 is 29.3 Å². The Bertz CT molecular complexity index is 1290. The van der Waals surface area contributed by atoms with Gasteiger partial charge in [0, 0.05) is 50.1 Å². The lowest BCUT2D eigenvalue weighted by atomic mass is 10.0. The van der Waals surface area contributed by atoms with E-state index in [1.165, 1.54) is 0 Å². The number of nitrogens with one attached hydrogen (secondary N) is 3. The first-order valence-electron chi connectivity index (χ1n) is 16.0. The van der Waals surface area contributed by atoms with E-state index in [1.54, 1.807) is 73.3 Å². The molecule has 0 aliphatic carbocycles. The van der Waals surface area contributed by atoms with Crippen molar-refractivity contribution in [3.8, 4) is 11.5 Å². The average molecular weight is 642 g/mol. The molecule has 12 nitrogen and oxygen atoms in total. The van der Waals surface area contributed by atoms with E-state index in [0.29, 0.717) is 29.5 Å². The van der Waals surface area contributed by atoms with Gasteiger partial charge in [0.2, 0.25) is 0 Å². The Morgan fingerprint density at radius 3 is 2.41 bits per heavy atom. The highest BCUT2D eigenvalue weighted by atomic mass is 16.5. The first kappa shape index (κ1) is 36.4. The molecule has 0 unspecified atom stereocenters. The molecule has 0 saturated heterocycles. The number of methoxy groups -OCH3 is 1. The standard InChI is InChI=1S/C34H51N5O7/c1-22(2)35-33(42)36-27-13-16-30-29(18-27)32(41)39(24(4)21-40)19-23(3)31(45-17-9-8-10-25(5)46-30)20-38(6)34(43)37-26-11-14-28(44-7)15-12-26/h11-16,18,22-25,31,40H,8-10,17,19-21H2,1-7H3,(H,37,43)(H2,35,36,42)/t23-,24+,25+,31+/m0/s1. The minimum Gasteiger partial charge on any atom is -0.497 e. The van der Waals surface area contributed by atoms with Crippen LogP contribution in [0.25, 0.3) is 0 Å². The van der Waals surface area contributed by atoms with Gasteiger partial charge in [0.05, 0.1) is 37.5 Å². The van der Waals surface area contributed by atoms with E-state index in [0.717, 1.165) is 19.3 Å². The highest BCUT2D eigenvalue weighted by Crippen LogP contribution is 2.28. The number of nitrogens with zero attached hydrogens (tertiary/aromatic N) is 2. The first-order valence-corrected chi connectivity index (χ1v) is 16.0. The van der Waals surface area contributed by atoms with Crippen molar-refractivity contribution in [3.05, 3.63) is 48.0 Å². The van der Waals surface area contributed by atoms with Gasteiger partial charge in [-0.2, -0.15) is 0 Å². The highest BCUT2D eigenvalue weighted by Gasteiger charge is 2.31. The van der Waals surface area contributed by atoms with Gasteiger partial charge in [-0.1, -0.05) is 6.92 Å². The molecule has 0 aromatic heterocycles. The maximum Gasteiger partial charge on any atom is 0.321 e. The number of amides is 5. The van der Waals surface area contributed by atoms with E-state index in [-0.39, 0.29) is 61.3 Å². The second-order valence-corrected chi connectivity index (χ2v) is 12.3. The molecule has 0 bridgehead atoms. The number of aliphatic hydroxyl groups is 1. The summed E-state index contributed by atoms with van der Waals surface area (Å²) in [4.78, 5) is 43.0. The lowest BCUT2D eigenvalue weighted by molar-refractivity contribution is -0.0115. The van der Waals surface area contributed by atoms with Crippen LogP contribution in [0.3, 0.4) is 0 Å². The summed E-state index contributed by atoms with van der Waals surface area (Å²) in [6.07, 6.45) is 1.83. The van der Waals surface area contributed by atoms with Gasteiger partial charge in [-0.3, -0.25) is 4.79 Å². The normalized spacial score (nSPS) is 20.1. The number of benzene rings is 2. The summed E-state index contributed by atoms with van der Waals surface area (Å²) in [5.74, 6) is 0.551. The van der Waals surface area contributed by atoms with Gasteiger partial charge >= 0.3 is 12.1 Å².